The number of nitrogens with one attached hydrogen (secondary N) is 1. The van der Waals surface area contributed by atoms with E-state index in [0.717, 1.165) is 16.4 Å². The Morgan fingerprint density at radius 3 is 3.09 bits per heavy atom. The van der Waals surface area contributed by atoms with Crippen molar-refractivity contribution in [2.24, 2.45) is 5.92 Å². The second-order valence-electron chi connectivity index (χ2n) is 5.26. The molecule has 0 saturated heterocycles. The van der Waals surface area contributed by atoms with E-state index in [9.17, 15) is 4.79 Å². The molecular formula is C14H14ClN5OS2. The highest BCUT2D eigenvalue weighted by molar-refractivity contribution is 7.15. The maximum Gasteiger partial charge on any atom is 0.250 e. The Kier molecular flexibility index (Phi) is 4.74. The van der Waals surface area contributed by atoms with E-state index in [2.05, 4.69) is 34.3 Å². The van der Waals surface area contributed by atoms with Crippen molar-refractivity contribution in [1.82, 2.24) is 19.6 Å². The second kappa shape index (κ2) is 6.77. The van der Waals surface area contributed by atoms with Gasteiger partial charge in [-0.05, 0) is 12.0 Å². The van der Waals surface area contributed by atoms with Gasteiger partial charge in [-0.1, -0.05) is 36.8 Å². The molecule has 120 valence electrons. The van der Waals surface area contributed by atoms with Gasteiger partial charge in [0.25, 0.3) is 0 Å². The molecule has 9 heteroatoms. The van der Waals surface area contributed by atoms with Crippen molar-refractivity contribution in [3.8, 4) is 0 Å². The first-order valence-corrected chi connectivity index (χ1v) is 9.03. The van der Waals surface area contributed by atoms with Gasteiger partial charge in [-0.2, -0.15) is 0 Å². The number of rotatable bonds is 5. The molecule has 6 nitrogen and oxygen atoms in total. The number of carbonyl (C=O) groups is 1. The second-order valence-corrected chi connectivity index (χ2v) is 7.56. The molecule has 0 saturated carbocycles. The standard InChI is InChI=1S/C14H14ClN5OS2/c1-8(2)7-11-18-19-13(23-11)16-10(21)4-3-9-12(15)17-14-20(9)5-6-22-14/h3-6,8H,7H2,1-2H3,(H,16,19,21)/b4-3+. The van der Waals surface area contributed by atoms with E-state index in [1.807, 2.05) is 16.0 Å². The zero-order valence-corrected chi connectivity index (χ0v) is 14.9. The van der Waals surface area contributed by atoms with Crippen molar-refractivity contribution >= 4 is 56.4 Å². The van der Waals surface area contributed by atoms with Gasteiger partial charge in [-0.25, -0.2) is 4.98 Å². The number of anilines is 1. The Hall–Kier alpha value is -1.77. The number of aromatic nitrogens is 4. The van der Waals surface area contributed by atoms with Crippen molar-refractivity contribution in [2.75, 3.05) is 5.32 Å². The molecule has 0 aromatic carbocycles. The third kappa shape index (κ3) is 3.77. The van der Waals surface area contributed by atoms with Crippen molar-refractivity contribution in [3.63, 3.8) is 0 Å². The largest absolute Gasteiger partial charge is 0.297 e. The average molecular weight is 368 g/mol. The first-order chi connectivity index (χ1) is 11.0. The topological polar surface area (TPSA) is 72.2 Å². The number of amides is 1. The Morgan fingerprint density at radius 1 is 1.48 bits per heavy atom. The Labute approximate surface area is 145 Å². The number of hydrogen-bond acceptors (Lipinski definition) is 6. The Bertz CT molecular complexity index is 864. The SMILES string of the molecule is CC(C)Cc1nnc(NC(=O)/C=C/c2c(Cl)nc3sccn23)s1. The lowest BCUT2D eigenvalue weighted by Crippen LogP contribution is -2.07. The Balaban J connectivity index is 1.68. The fraction of sp³-hybridized carbons (Fsp3) is 0.286. The molecule has 0 atom stereocenters. The van der Waals surface area contributed by atoms with E-state index >= 15 is 0 Å². The summed E-state index contributed by atoms with van der Waals surface area (Å²) in [6.07, 6.45) is 5.77. The minimum absolute atomic E-state index is 0.279. The summed E-state index contributed by atoms with van der Waals surface area (Å²) in [5, 5.41) is 14.4. The first-order valence-electron chi connectivity index (χ1n) is 6.95. The number of hydrogen-bond donors (Lipinski definition) is 1. The third-order valence-corrected chi connectivity index (χ3v) is 4.82. The lowest BCUT2D eigenvalue weighted by Gasteiger charge is -1.97. The normalized spacial score (nSPS) is 11.8. The quantitative estimate of drug-likeness (QED) is 0.697. The third-order valence-electron chi connectivity index (χ3n) is 2.93. The van der Waals surface area contributed by atoms with Crippen LogP contribution in [-0.2, 0) is 11.2 Å². The number of carbonyl (C=O) groups excluding carboxylic acids is 1. The van der Waals surface area contributed by atoms with Gasteiger partial charge < -0.3 is 0 Å². The summed E-state index contributed by atoms with van der Waals surface area (Å²) in [4.78, 5) is 17.0. The van der Waals surface area contributed by atoms with Gasteiger partial charge in [0.05, 0.1) is 5.69 Å². The number of halogens is 1. The highest BCUT2D eigenvalue weighted by Gasteiger charge is 2.10. The predicted octanol–water partition coefficient (Wildman–Crippen LogP) is 3.75. The highest BCUT2D eigenvalue weighted by Crippen LogP contribution is 2.22. The fourth-order valence-electron chi connectivity index (χ4n) is 1.96. The number of fused-ring (bicyclic) bond motifs is 1. The molecule has 3 rings (SSSR count). The van der Waals surface area contributed by atoms with Crippen molar-refractivity contribution in [1.29, 1.82) is 0 Å². The fourth-order valence-corrected chi connectivity index (χ4v) is 3.92. The molecule has 23 heavy (non-hydrogen) atoms. The molecule has 0 spiro atoms. The van der Waals surface area contributed by atoms with Crippen LogP contribution in [-0.4, -0.2) is 25.5 Å². The monoisotopic (exact) mass is 367 g/mol. The van der Waals surface area contributed by atoms with Crippen LogP contribution < -0.4 is 5.32 Å². The lowest BCUT2D eigenvalue weighted by atomic mass is 10.1. The summed E-state index contributed by atoms with van der Waals surface area (Å²) in [5.41, 5.74) is 0.677. The predicted molar refractivity (Wildman–Crippen MR) is 94.2 cm³/mol. The minimum atomic E-state index is -0.279. The molecule has 0 bridgehead atoms. The van der Waals surface area contributed by atoms with Crippen LogP contribution in [0.5, 0.6) is 0 Å². The molecule has 0 fully saturated rings. The van der Waals surface area contributed by atoms with Crippen molar-refractivity contribution in [2.45, 2.75) is 20.3 Å². The highest BCUT2D eigenvalue weighted by atomic mass is 35.5. The maximum atomic E-state index is 12.0. The summed E-state index contributed by atoms with van der Waals surface area (Å²) in [6.45, 7) is 4.23. The van der Waals surface area contributed by atoms with Gasteiger partial charge >= 0.3 is 0 Å². The summed E-state index contributed by atoms with van der Waals surface area (Å²) in [5.74, 6) is 0.224. The van der Waals surface area contributed by atoms with Crippen LogP contribution in [0.1, 0.15) is 24.5 Å². The Morgan fingerprint density at radius 2 is 2.30 bits per heavy atom. The van der Waals surface area contributed by atoms with Gasteiger partial charge in [0.2, 0.25) is 11.0 Å². The smallest absolute Gasteiger partial charge is 0.250 e. The van der Waals surface area contributed by atoms with Crippen LogP contribution in [0.4, 0.5) is 5.13 Å². The molecule has 3 aromatic rings. The van der Waals surface area contributed by atoms with Gasteiger partial charge in [0.1, 0.15) is 5.01 Å². The number of thiazole rings is 1. The first kappa shape index (κ1) is 16.1. The van der Waals surface area contributed by atoms with Crippen LogP contribution in [0.3, 0.4) is 0 Å². The van der Waals surface area contributed by atoms with E-state index in [0.29, 0.717) is 21.9 Å². The minimum Gasteiger partial charge on any atom is -0.297 e. The van der Waals surface area contributed by atoms with Crippen LogP contribution >= 0.6 is 34.3 Å². The molecule has 0 aliphatic carbocycles. The molecule has 1 amide bonds. The summed E-state index contributed by atoms with van der Waals surface area (Å²) < 4.78 is 1.84. The van der Waals surface area contributed by atoms with Gasteiger partial charge in [0, 0.05) is 24.1 Å². The van der Waals surface area contributed by atoms with Crippen LogP contribution in [0.25, 0.3) is 11.0 Å². The maximum absolute atomic E-state index is 12.0. The van der Waals surface area contributed by atoms with Gasteiger partial charge in [-0.3, -0.25) is 14.5 Å². The van der Waals surface area contributed by atoms with Crippen LogP contribution in [0, 0.1) is 5.92 Å². The van der Waals surface area contributed by atoms with Crippen LogP contribution in [0.15, 0.2) is 17.7 Å². The molecule has 0 aliphatic rings. The lowest BCUT2D eigenvalue weighted by molar-refractivity contribution is -0.111. The summed E-state index contributed by atoms with van der Waals surface area (Å²) in [6, 6.07) is 0. The van der Waals surface area contributed by atoms with E-state index in [4.69, 9.17) is 11.6 Å². The molecule has 1 N–H and O–H groups in total. The molecule has 3 aromatic heterocycles. The summed E-state index contributed by atoms with van der Waals surface area (Å²) in [7, 11) is 0. The van der Waals surface area contributed by atoms with Crippen LogP contribution in [0.2, 0.25) is 5.15 Å². The van der Waals surface area contributed by atoms with E-state index in [1.165, 1.54) is 28.7 Å². The number of imidazole rings is 1. The molecule has 3 heterocycles. The van der Waals surface area contributed by atoms with Crippen molar-refractivity contribution < 1.29 is 4.79 Å². The van der Waals surface area contributed by atoms with Crippen molar-refractivity contribution in [3.05, 3.63) is 33.5 Å². The van der Waals surface area contributed by atoms with E-state index < -0.39 is 0 Å². The van der Waals surface area contributed by atoms with E-state index in [-0.39, 0.29) is 5.91 Å². The van der Waals surface area contributed by atoms with E-state index in [1.54, 1.807) is 6.08 Å². The summed E-state index contributed by atoms with van der Waals surface area (Å²) >= 11 is 8.95. The van der Waals surface area contributed by atoms with Gasteiger partial charge in [0.15, 0.2) is 10.1 Å². The molecule has 0 radical (unpaired) electrons. The molecule has 0 aliphatic heterocycles. The zero-order valence-electron chi connectivity index (χ0n) is 12.5. The number of nitrogens with zero attached hydrogens (tertiary/aromatic N) is 4. The molecule has 0 unspecified atom stereocenters. The average Bonchev–Trinajstić information content (AvgIpc) is 3.14. The zero-order chi connectivity index (χ0) is 16.4. The molecular weight excluding hydrogens is 354 g/mol. The van der Waals surface area contributed by atoms with Gasteiger partial charge in [-0.15, -0.1) is 21.5 Å².